The molecule has 45 heavy (non-hydrogen) atoms. The molecule has 0 radical (unpaired) electrons. The van der Waals surface area contributed by atoms with Gasteiger partial charge in [-0.05, 0) is 55.3 Å². The first-order chi connectivity index (χ1) is 21.8. The topological polar surface area (TPSA) is 81.1 Å². The van der Waals surface area contributed by atoms with Crippen molar-refractivity contribution in [2.45, 2.75) is 24.9 Å². The molecule has 2 N–H and O–H groups in total. The summed E-state index contributed by atoms with van der Waals surface area (Å²) >= 11 is 6.05. The lowest BCUT2D eigenvalue weighted by Crippen LogP contribution is -2.46. The molecule has 7 rings (SSSR count). The van der Waals surface area contributed by atoms with Gasteiger partial charge in [-0.15, -0.1) is 0 Å². The average Bonchev–Trinajstić information content (AvgIpc) is 3.90. The van der Waals surface area contributed by atoms with Crippen LogP contribution in [0.5, 0.6) is 0 Å². The maximum absolute atomic E-state index is 14.6. The van der Waals surface area contributed by atoms with Gasteiger partial charge in [0.1, 0.15) is 11.4 Å². The molecule has 0 bridgehead atoms. The maximum Gasteiger partial charge on any atom is 0.341 e. The first-order valence-corrected chi connectivity index (χ1v) is 16.0. The maximum atomic E-state index is 14.6. The van der Waals surface area contributed by atoms with E-state index in [0.717, 1.165) is 57.1 Å². The predicted octanol–water partition coefficient (Wildman–Crippen LogP) is 5.26. The second kappa shape index (κ2) is 13.7. The van der Waals surface area contributed by atoms with Crippen molar-refractivity contribution in [3.05, 3.63) is 111 Å². The molecule has 1 saturated carbocycles. The average molecular weight is 632 g/mol. The van der Waals surface area contributed by atoms with Crippen LogP contribution in [-0.4, -0.2) is 84.8 Å². The number of anilines is 1. The Hall–Kier alpha value is -3.76. The smallest absolute Gasteiger partial charge is 0.341 e. The standard InChI is InChI=1S/C18H21ClN2.C17H18FN3O3/c1-20-11-13-21(14-12-20)18(15-5-3-2-4-6-15)16-7-9-17(19)10-8-16;18-13-7-11-14(8-15(13)20-5-3-19-4-6-20)21(10-1-2-10)9-12(16(11)22)17(23)24/h2-10,18H,11-14H2,1H3;7-10,19H,1-6H2,(H,23,24). The number of nitrogens with zero attached hydrogens (tertiary/aromatic N) is 4. The fraction of sp³-hybridized carbons (Fsp3) is 0.371. The van der Waals surface area contributed by atoms with Crippen LogP contribution in [-0.2, 0) is 0 Å². The zero-order valence-corrected chi connectivity index (χ0v) is 26.2. The number of carboxylic acids is 1. The highest BCUT2D eigenvalue weighted by molar-refractivity contribution is 6.30. The number of fused-ring (bicyclic) bond motifs is 1. The Morgan fingerprint density at radius 3 is 2.20 bits per heavy atom. The summed E-state index contributed by atoms with van der Waals surface area (Å²) in [5.41, 5.74) is 2.83. The third-order valence-corrected chi connectivity index (χ3v) is 9.19. The van der Waals surface area contributed by atoms with E-state index in [0.29, 0.717) is 30.3 Å². The van der Waals surface area contributed by atoms with Crippen molar-refractivity contribution in [2.75, 3.05) is 64.3 Å². The molecule has 1 atom stereocenters. The van der Waals surface area contributed by atoms with Gasteiger partial charge in [-0.25, -0.2) is 9.18 Å². The minimum Gasteiger partial charge on any atom is -0.477 e. The Kier molecular flexibility index (Phi) is 9.51. The Bertz CT molecular complexity index is 1700. The number of halogens is 2. The van der Waals surface area contributed by atoms with Crippen LogP contribution in [0.3, 0.4) is 0 Å². The van der Waals surface area contributed by atoms with E-state index < -0.39 is 17.2 Å². The fourth-order valence-corrected chi connectivity index (χ4v) is 6.41. The Morgan fingerprint density at radius 1 is 0.933 bits per heavy atom. The number of carbonyl (C=O) groups is 1. The molecule has 3 aliphatic rings. The number of aromatic nitrogens is 1. The van der Waals surface area contributed by atoms with Crippen molar-refractivity contribution in [3.63, 3.8) is 0 Å². The SMILES string of the molecule is CN1CCN(C(c2ccccc2)c2ccc(Cl)cc2)CC1.O=C(O)c1cn(C2CC2)c2cc(N3CCNCC3)c(F)cc2c1=O. The summed E-state index contributed by atoms with van der Waals surface area (Å²) in [4.78, 5) is 30.7. The van der Waals surface area contributed by atoms with Crippen molar-refractivity contribution in [2.24, 2.45) is 0 Å². The normalized spacial score (nSPS) is 18.3. The molecule has 8 nitrogen and oxygen atoms in total. The van der Waals surface area contributed by atoms with Crippen LogP contribution in [0.25, 0.3) is 10.9 Å². The van der Waals surface area contributed by atoms with Gasteiger partial charge >= 0.3 is 5.97 Å². The van der Waals surface area contributed by atoms with Crippen LogP contribution < -0.4 is 15.6 Å². The van der Waals surface area contributed by atoms with Crippen molar-refractivity contribution in [1.82, 2.24) is 19.7 Å². The highest BCUT2D eigenvalue weighted by Crippen LogP contribution is 2.38. The van der Waals surface area contributed by atoms with Crippen LogP contribution in [0.4, 0.5) is 10.1 Å². The molecule has 4 aromatic rings. The van der Waals surface area contributed by atoms with Crippen molar-refractivity contribution < 1.29 is 14.3 Å². The summed E-state index contributed by atoms with van der Waals surface area (Å²) in [6, 6.07) is 22.4. The van der Waals surface area contributed by atoms with Crippen molar-refractivity contribution >= 4 is 34.2 Å². The molecule has 3 heterocycles. The summed E-state index contributed by atoms with van der Waals surface area (Å²) in [6.07, 6.45) is 3.29. The summed E-state index contributed by atoms with van der Waals surface area (Å²) in [5.74, 6) is -1.76. The molecule has 0 amide bonds. The van der Waals surface area contributed by atoms with E-state index in [2.05, 4.69) is 64.6 Å². The van der Waals surface area contributed by atoms with E-state index in [-0.39, 0.29) is 17.0 Å². The minimum atomic E-state index is -1.28. The van der Waals surface area contributed by atoms with Crippen molar-refractivity contribution in [1.29, 1.82) is 0 Å². The van der Waals surface area contributed by atoms with Crippen LogP contribution in [0.1, 0.15) is 46.4 Å². The van der Waals surface area contributed by atoms with E-state index >= 15 is 0 Å². The largest absolute Gasteiger partial charge is 0.477 e. The number of hydrogen-bond acceptors (Lipinski definition) is 6. The molecule has 10 heteroatoms. The predicted molar refractivity (Wildman–Crippen MR) is 177 cm³/mol. The number of benzene rings is 3. The molecule has 3 fully saturated rings. The lowest BCUT2D eigenvalue weighted by Gasteiger charge is -2.38. The number of carboxylic acid groups (broad SMARTS) is 1. The van der Waals surface area contributed by atoms with Gasteiger partial charge < -0.3 is 24.8 Å². The molecule has 0 spiro atoms. The number of likely N-dealkylation sites (N-methyl/N-ethyl adjacent to an activating group) is 1. The van der Waals surface area contributed by atoms with Crippen molar-refractivity contribution in [3.8, 4) is 0 Å². The molecule has 2 aliphatic heterocycles. The van der Waals surface area contributed by atoms with Gasteiger partial charge in [-0.2, -0.15) is 0 Å². The first-order valence-electron chi connectivity index (χ1n) is 15.6. The van der Waals surface area contributed by atoms with Gasteiger partial charge in [-0.3, -0.25) is 9.69 Å². The summed E-state index contributed by atoms with van der Waals surface area (Å²) in [7, 11) is 2.19. The van der Waals surface area contributed by atoms with Crippen LogP contribution >= 0.6 is 11.6 Å². The van der Waals surface area contributed by atoms with Gasteiger partial charge in [-0.1, -0.05) is 54.1 Å². The molecule has 1 aromatic heterocycles. The second-order valence-corrected chi connectivity index (χ2v) is 12.5. The zero-order chi connectivity index (χ0) is 31.5. The van der Waals surface area contributed by atoms with E-state index in [1.807, 2.05) is 21.6 Å². The molecule has 2 saturated heterocycles. The van der Waals surface area contributed by atoms with E-state index in [4.69, 9.17) is 11.6 Å². The number of hydrogen-bond donors (Lipinski definition) is 2. The van der Waals surface area contributed by atoms with Gasteiger partial charge in [0.25, 0.3) is 0 Å². The Labute approximate surface area is 267 Å². The number of nitrogens with one attached hydrogen (secondary N) is 1. The van der Waals surface area contributed by atoms with Gasteiger partial charge in [0.2, 0.25) is 5.43 Å². The fourth-order valence-electron chi connectivity index (χ4n) is 6.29. The van der Waals surface area contributed by atoms with E-state index in [1.54, 1.807) is 6.07 Å². The molecule has 1 unspecified atom stereocenters. The van der Waals surface area contributed by atoms with E-state index in [9.17, 15) is 19.1 Å². The number of piperazine rings is 2. The Balaban J connectivity index is 0.000000160. The zero-order valence-electron chi connectivity index (χ0n) is 25.5. The highest BCUT2D eigenvalue weighted by atomic mass is 35.5. The number of aromatic carboxylic acids is 1. The Morgan fingerprint density at radius 2 is 1.58 bits per heavy atom. The molecular weight excluding hydrogens is 593 g/mol. The summed E-state index contributed by atoms with van der Waals surface area (Å²) < 4.78 is 16.4. The van der Waals surface area contributed by atoms with Crippen LogP contribution in [0.15, 0.2) is 77.7 Å². The third kappa shape index (κ3) is 7.07. The van der Waals surface area contributed by atoms with Gasteiger partial charge in [0.05, 0.1) is 17.2 Å². The monoisotopic (exact) mass is 631 g/mol. The number of rotatable bonds is 6. The minimum absolute atomic E-state index is 0.137. The van der Waals surface area contributed by atoms with Crippen LogP contribution in [0, 0.1) is 5.82 Å². The van der Waals surface area contributed by atoms with Gasteiger partial charge in [0, 0.05) is 75.0 Å². The second-order valence-electron chi connectivity index (χ2n) is 12.1. The summed E-state index contributed by atoms with van der Waals surface area (Å²) in [5, 5.41) is 13.4. The molecular formula is C35H39ClFN5O3. The third-order valence-electron chi connectivity index (χ3n) is 8.93. The molecule has 236 valence electrons. The quantitative estimate of drug-likeness (QED) is 0.301. The summed E-state index contributed by atoms with van der Waals surface area (Å²) in [6.45, 7) is 7.40. The first kappa shape index (κ1) is 31.2. The highest BCUT2D eigenvalue weighted by Gasteiger charge is 2.28. The van der Waals surface area contributed by atoms with Gasteiger partial charge in [0.15, 0.2) is 0 Å². The van der Waals surface area contributed by atoms with Crippen LogP contribution in [0.2, 0.25) is 5.02 Å². The van der Waals surface area contributed by atoms with E-state index in [1.165, 1.54) is 23.4 Å². The lowest BCUT2D eigenvalue weighted by molar-refractivity contribution is 0.0695. The lowest BCUT2D eigenvalue weighted by atomic mass is 9.96. The molecule has 3 aromatic carbocycles. The number of pyridine rings is 1. The molecule has 1 aliphatic carbocycles.